The van der Waals surface area contributed by atoms with Gasteiger partial charge in [-0.15, -0.1) is 0 Å². The van der Waals surface area contributed by atoms with Crippen LogP contribution >= 0.6 is 0 Å². The predicted octanol–water partition coefficient (Wildman–Crippen LogP) is 0.864. The van der Waals surface area contributed by atoms with Crippen LogP contribution in [-0.4, -0.2) is 12.3 Å². The summed E-state index contributed by atoms with van der Waals surface area (Å²) in [6, 6.07) is 0. The van der Waals surface area contributed by atoms with Gasteiger partial charge >= 0.3 is 0 Å². The molecule has 0 unspecified atom stereocenters. The van der Waals surface area contributed by atoms with Crippen molar-refractivity contribution >= 4 is 5.71 Å². The lowest BCUT2D eigenvalue weighted by Crippen LogP contribution is -1.90. The molecule has 2 heteroatoms. The molecule has 0 bridgehead atoms. The highest BCUT2D eigenvalue weighted by molar-refractivity contribution is 5.92. The molecule has 0 amide bonds. The quantitative estimate of drug-likeness (QED) is 0.475. The van der Waals surface area contributed by atoms with E-state index in [-0.39, 0.29) is 0 Å². The van der Waals surface area contributed by atoms with E-state index in [1.54, 1.807) is 0 Å². The molecule has 0 N–H and O–H groups in total. The fourth-order valence-corrected chi connectivity index (χ4v) is 0.448. The number of hydrogen-bond donors (Lipinski definition) is 0. The molecule has 7 heavy (non-hydrogen) atoms. The van der Waals surface area contributed by atoms with E-state index < -0.39 is 0 Å². The maximum Gasteiger partial charge on any atom is 0.130 e. The molecule has 38 valence electrons. The highest BCUT2D eigenvalue weighted by Gasteiger charge is 2.04. The van der Waals surface area contributed by atoms with Gasteiger partial charge in [-0.1, -0.05) is 12.1 Å². The minimum absolute atomic E-state index is 0.545. The first-order chi connectivity index (χ1) is 3.43. The molecule has 1 aliphatic heterocycles. The van der Waals surface area contributed by atoms with Crippen LogP contribution in [0.1, 0.15) is 13.3 Å². The Labute approximate surface area is 43.2 Å². The lowest BCUT2D eigenvalue weighted by Gasteiger charge is -1.80. The van der Waals surface area contributed by atoms with E-state index in [1.165, 1.54) is 0 Å². The molecule has 0 atom stereocenters. The van der Waals surface area contributed by atoms with E-state index in [4.69, 9.17) is 0 Å². The minimum atomic E-state index is 0.545. The summed E-state index contributed by atoms with van der Waals surface area (Å²) in [6.45, 7) is 2.57. The maximum absolute atomic E-state index is 4.62. The highest BCUT2D eigenvalue weighted by atomic mass is 16.6. The summed E-state index contributed by atoms with van der Waals surface area (Å²) in [7, 11) is 0. The Morgan fingerprint density at radius 3 is 3.14 bits per heavy atom. The van der Waals surface area contributed by atoms with Crippen molar-refractivity contribution in [3.63, 3.8) is 0 Å². The van der Waals surface area contributed by atoms with Crippen LogP contribution < -0.4 is 0 Å². The number of hydrogen-bond acceptors (Lipinski definition) is 2. The third-order valence-electron chi connectivity index (χ3n) is 0.850. The van der Waals surface area contributed by atoms with Gasteiger partial charge in [0.1, 0.15) is 6.61 Å². The van der Waals surface area contributed by atoms with E-state index >= 15 is 0 Å². The van der Waals surface area contributed by atoms with Crippen LogP contribution in [0.2, 0.25) is 0 Å². The van der Waals surface area contributed by atoms with Crippen LogP contribution in [0.4, 0.5) is 0 Å². The number of oxime groups is 1. The first kappa shape index (κ1) is 4.62. The lowest BCUT2D eigenvalue weighted by atomic mass is 10.2. The van der Waals surface area contributed by atoms with E-state index in [0.717, 1.165) is 12.1 Å². The van der Waals surface area contributed by atoms with Gasteiger partial charge in [-0.25, -0.2) is 0 Å². The van der Waals surface area contributed by atoms with Crippen molar-refractivity contribution < 1.29 is 4.84 Å². The average molecular weight is 97.1 g/mol. The Bertz CT molecular complexity index is 88.1. The zero-order chi connectivity index (χ0) is 5.11. The summed E-state index contributed by atoms with van der Waals surface area (Å²) in [4.78, 5) is 4.62. The molecule has 0 aromatic rings. The molecule has 0 saturated carbocycles. The van der Waals surface area contributed by atoms with Crippen LogP contribution in [0, 0.1) is 6.42 Å². The zero-order valence-electron chi connectivity index (χ0n) is 4.27. The van der Waals surface area contributed by atoms with Crippen LogP contribution in [-0.2, 0) is 4.84 Å². The van der Waals surface area contributed by atoms with Crippen molar-refractivity contribution in [1.82, 2.24) is 0 Å². The van der Waals surface area contributed by atoms with Gasteiger partial charge in [0, 0.05) is 0 Å². The summed E-state index contributed by atoms with van der Waals surface area (Å²) >= 11 is 0. The fourth-order valence-electron chi connectivity index (χ4n) is 0.448. The molecule has 0 aromatic carbocycles. The summed E-state index contributed by atoms with van der Waals surface area (Å²) in [5.41, 5.74) is 0.944. The standard InChI is InChI=1S/C5H7NO/c1-2-5-3-4-7-6-5/h2,4H2,1H3. The minimum Gasteiger partial charge on any atom is -0.395 e. The molecular formula is C5H7NO. The van der Waals surface area contributed by atoms with Crippen molar-refractivity contribution in [2.75, 3.05) is 6.61 Å². The molecule has 2 nitrogen and oxygen atoms in total. The molecule has 0 saturated heterocycles. The van der Waals surface area contributed by atoms with Crippen LogP contribution in [0.25, 0.3) is 0 Å². The molecule has 0 aliphatic carbocycles. The van der Waals surface area contributed by atoms with Crippen molar-refractivity contribution in [3.8, 4) is 0 Å². The Kier molecular flexibility index (Phi) is 1.29. The van der Waals surface area contributed by atoms with Crippen molar-refractivity contribution in [3.05, 3.63) is 6.42 Å². The summed E-state index contributed by atoms with van der Waals surface area (Å²) in [5.74, 6) is 0. The zero-order valence-corrected chi connectivity index (χ0v) is 4.27. The Morgan fingerprint density at radius 1 is 2.00 bits per heavy atom. The molecule has 0 aromatic heterocycles. The lowest BCUT2D eigenvalue weighted by molar-refractivity contribution is 0.186. The summed E-state index contributed by atoms with van der Waals surface area (Å²) in [6.07, 6.45) is 3.86. The van der Waals surface area contributed by atoms with Gasteiger partial charge in [0.25, 0.3) is 0 Å². The van der Waals surface area contributed by atoms with Gasteiger partial charge < -0.3 is 4.84 Å². The third kappa shape index (κ3) is 0.918. The van der Waals surface area contributed by atoms with Gasteiger partial charge in [-0.2, -0.15) is 0 Å². The first-order valence-corrected chi connectivity index (χ1v) is 2.36. The fraction of sp³-hybridized carbons (Fsp3) is 0.600. The van der Waals surface area contributed by atoms with Crippen LogP contribution in [0.15, 0.2) is 5.16 Å². The summed E-state index contributed by atoms with van der Waals surface area (Å²) < 4.78 is 0. The van der Waals surface area contributed by atoms with Gasteiger partial charge in [-0.05, 0) is 6.42 Å². The maximum atomic E-state index is 4.62. The molecule has 0 fully saturated rings. The Morgan fingerprint density at radius 2 is 2.86 bits per heavy atom. The number of rotatable bonds is 1. The van der Waals surface area contributed by atoms with Crippen LogP contribution in [0.3, 0.4) is 0 Å². The predicted molar refractivity (Wildman–Crippen MR) is 26.9 cm³/mol. The first-order valence-electron chi connectivity index (χ1n) is 2.36. The SMILES string of the molecule is CCC1=NOC[C]1. The normalized spacial score (nSPS) is 18.7. The van der Waals surface area contributed by atoms with E-state index in [1.807, 2.05) is 6.92 Å². The molecular weight excluding hydrogens is 90.1 g/mol. The van der Waals surface area contributed by atoms with Gasteiger partial charge in [0.2, 0.25) is 0 Å². The molecule has 1 aliphatic rings. The van der Waals surface area contributed by atoms with Gasteiger partial charge in [0.15, 0.2) is 0 Å². The van der Waals surface area contributed by atoms with E-state index in [2.05, 4.69) is 16.4 Å². The van der Waals surface area contributed by atoms with E-state index in [9.17, 15) is 0 Å². The largest absolute Gasteiger partial charge is 0.395 e. The Balaban J connectivity index is 2.36. The third-order valence-corrected chi connectivity index (χ3v) is 0.850. The second-order valence-electron chi connectivity index (χ2n) is 1.34. The van der Waals surface area contributed by atoms with Crippen LogP contribution in [0.5, 0.6) is 0 Å². The average Bonchev–Trinajstić information content (AvgIpc) is 2.14. The second-order valence-corrected chi connectivity index (χ2v) is 1.34. The highest BCUT2D eigenvalue weighted by Crippen LogP contribution is 2.00. The molecule has 1 heterocycles. The monoisotopic (exact) mass is 97.1 g/mol. The second kappa shape index (κ2) is 1.96. The van der Waals surface area contributed by atoms with Crippen molar-refractivity contribution in [2.45, 2.75) is 13.3 Å². The molecule has 0 spiro atoms. The van der Waals surface area contributed by atoms with Gasteiger partial charge in [-0.3, -0.25) is 0 Å². The molecule has 2 radical (unpaired) electrons. The summed E-state index contributed by atoms with van der Waals surface area (Å²) in [5, 5.41) is 3.66. The smallest absolute Gasteiger partial charge is 0.130 e. The topological polar surface area (TPSA) is 21.6 Å². The molecule has 1 rings (SSSR count). The number of nitrogens with zero attached hydrogens (tertiary/aromatic N) is 1. The van der Waals surface area contributed by atoms with Crippen molar-refractivity contribution in [2.24, 2.45) is 5.16 Å². The van der Waals surface area contributed by atoms with E-state index in [0.29, 0.717) is 6.61 Å². The van der Waals surface area contributed by atoms with Gasteiger partial charge in [0.05, 0.1) is 12.1 Å². The Hall–Kier alpha value is -0.530. The van der Waals surface area contributed by atoms with Crippen molar-refractivity contribution in [1.29, 1.82) is 0 Å².